The van der Waals surface area contributed by atoms with Crippen molar-refractivity contribution < 1.29 is 27.4 Å². The minimum atomic E-state index is -1.03. The lowest BCUT2D eigenvalue weighted by molar-refractivity contribution is 0.0963. The van der Waals surface area contributed by atoms with Crippen molar-refractivity contribution in [2.45, 2.75) is 63.9 Å². The van der Waals surface area contributed by atoms with Gasteiger partial charge in [-0.1, -0.05) is 42.5 Å². The van der Waals surface area contributed by atoms with E-state index in [1.807, 2.05) is 0 Å². The van der Waals surface area contributed by atoms with Gasteiger partial charge in [-0.25, -0.2) is 13.2 Å². The van der Waals surface area contributed by atoms with Crippen LogP contribution in [-0.4, -0.2) is 17.8 Å². The lowest BCUT2D eigenvalue weighted by Crippen LogP contribution is -2.23. The Hall–Kier alpha value is -3.12. The van der Waals surface area contributed by atoms with Crippen LogP contribution in [0.15, 0.2) is 61.2 Å². The predicted molar refractivity (Wildman–Crippen MR) is 142 cm³/mol. The Bertz CT molecular complexity index is 1250. The van der Waals surface area contributed by atoms with Crippen LogP contribution in [-0.2, 0) is 12.8 Å². The number of rotatable bonds is 10. The number of benzene rings is 3. The second-order valence-electron chi connectivity index (χ2n) is 10.2. The van der Waals surface area contributed by atoms with Gasteiger partial charge in [-0.05, 0) is 98.1 Å². The van der Waals surface area contributed by atoms with Crippen LogP contribution in [0.3, 0.4) is 0 Å². The normalized spacial score (nSPS) is 18.3. The molecule has 1 aliphatic carbocycles. The second kappa shape index (κ2) is 12.6. The molecule has 38 heavy (non-hydrogen) atoms. The Morgan fingerprint density at radius 2 is 1.58 bits per heavy atom. The number of aryl methyl sites for hydroxylation is 2. The fraction of sp³-hybridized carbons (Fsp3) is 0.375. The summed E-state index contributed by atoms with van der Waals surface area (Å²) in [5, 5.41) is 9.79. The zero-order chi connectivity index (χ0) is 27.2. The fourth-order valence-corrected chi connectivity index (χ4v) is 5.27. The summed E-state index contributed by atoms with van der Waals surface area (Å²) < 4.78 is 64.2. The van der Waals surface area contributed by atoms with Crippen LogP contribution in [0.1, 0.15) is 61.6 Å². The van der Waals surface area contributed by atoms with Crippen molar-refractivity contribution in [3.8, 4) is 16.9 Å². The number of aliphatic hydroxyl groups is 1. The maximum Gasteiger partial charge on any atom is 0.201 e. The van der Waals surface area contributed by atoms with Crippen LogP contribution in [0.25, 0.3) is 11.1 Å². The van der Waals surface area contributed by atoms with Crippen molar-refractivity contribution in [2.24, 2.45) is 5.92 Å². The maximum atomic E-state index is 15.0. The number of halogens is 4. The van der Waals surface area contributed by atoms with E-state index in [9.17, 15) is 22.7 Å². The van der Waals surface area contributed by atoms with E-state index in [1.54, 1.807) is 49.4 Å². The molecule has 1 fully saturated rings. The van der Waals surface area contributed by atoms with E-state index >= 15 is 0 Å². The highest BCUT2D eigenvalue weighted by atomic mass is 19.2. The Morgan fingerprint density at radius 3 is 2.24 bits per heavy atom. The summed E-state index contributed by atoms with van der Waals surface area (Å²) in [6.45, 7) is 5.57. The molecule has 0 radical (unpaired) electrons. The molecule has 3 aromatic carbocycles. The number of hydrogen-bond donors (Lipinski definition) is 1. The predicted octanol–water partition coefficient (Wildman–Crippen LogP) is 8.30. The molecule has 6 heteroatoms. The van der Waals surface area contributed by atoms with E-state index < -0.39 is 23.3 Å². The molecule has 202 valence electrons. The summed E-state index contributed by atoms with van der Waals surface area (Å²) in [4.78, 5) is 0. The van der Waals surface area contributed by atoms with Crippen molar-refractivity contribution in [1.29, 1.82) is 0 Å². The largest absolute Gasteiger partial charge is 0.490 e. The molecule has 1 N–H and O–H groups in total. The van der Waals surface area contributed by atoms with E-state index in [-0.39, 0.29) is 35.9 Å². The highest BCUT2D eigenvalue weighted by Gasteiger charge is 2.28. The summed E-state index contributed by atoms with van der Waals surface area (Å²) in [7, 11) is 0. The first kappa shape index (κ1) is 27.9. The molecule has 0 bridgehead atoms. The molecule has 0 saturated heterocycles. The van der Waals surface area contributed by atoms with Crippen LogP contribution in [0.2, 0.25) is 0 Å². The minimum absolute atomic E-state index is 0.0286. The van der Waals surface area contributed by atoms with Crippen molar-refractivity contribution in [3.63, 3.8) is 0 Å². The summed E-state index contributed by atoms with van der Waals surface area (Å²) in [6.07, 6.45) is 5.69. The highest BCUT2D eigenvalue weighted by molar-refractivity contribution is 5.65. The van der Waals surface area contributed by atoms with Crippen LogP contribution in [0.4, 0.5) is 17.6 Å². The third-order valence-corrected chi connectivity index (χ3v) is 7.66. The zero-order valence-electron chi connectivity index (χ0n) is 21.7. The van der Waals surface area contributed by atoms with Gasteiger partial charge in [-0.2, -0.15) is 4.39 Å². The molecule has 0 amide bonds. The van der Waals surface area contributed by atoms with Crippen molar-refractivity contribution in [3.05, 3.63) is 101 Å². The van der Waals surface area contributed by atoms with Crippen LogP contribution in [0, 0.1) is 29.2 Å². The Morgan fingerprint density at radius 1 is 0.868 bits per heavy atom. The quantitative estimate of drug-likeness (QED) is 0.164. The molecular weight excluding hydrogens is 492 g/mol. The molecule has 0 heterocycles. The monoisotopic (exact) mass is 526 g/mol. The second-order valence-corrected chi connectivity index (χ2v) is 10.2. The molecule has 1 aliphatic rings. The number of ether oxygens (including phenoxy) is 1. The van der Waals surface area contributed by atoms with Gasteiger partial charge < -0.3 is 9.84 Å². The first-order chi connectivity index (χ1) is 18.3. The van der Waals surface area contributed by atoms with Crippen LogP contribution in [0.5, 0.6) is 5.75 Å². The first-order valence-electron chi connectivity index (χ1n) is 13.3. The van der Waals surface area contributed by atoms with Gasteiger partial charge >= 0.3 is 0 Å². The maximum absolute atomic E-state index is 15.0. The van der Waals surface area contributed by atoms with Gasteiger partial charge in [0, 0.05) is 5.56 Å². The Labute approximate surface area is 222 Å². The van der Waals surface area contributed by atoms with Crippen LogP contribution < -0.4 is 4.74 Å². The van der Waals surface area contributed by atoms with Gasteiger partial charge in [-0.15, -0.1) is 6.58 Å². The molecule has 4 rings (SSSR count). The first-order valence-corrected chi connectivity index (χ1v) is 13.3. The smallest absolute Gasteiger partial charge is 0.201 e. The molecule has 1 unspecified atom stereocenters. The lowest BCUT2D eigenvalue weighted by atomic mass is 9.76. The third-order valence-electron chi connectivity index (χ3n) is 7.66. The molecule has 0 aromatic heterocycles. The number of aliphatic hydroxyl groups excluding tert-OH is 1. The van der Waals surface area contributed by atoms with E-state index in [1.165, 1.54) is 12.1 Å². The Balaban J connectivity index is 1.39. The van der Waals surface area contributed by atoms with Gasteiger partial charge in [0.15, 0.2) is 23.2 Å². The van der Waals surface area contributed by atoms with E-state index in [0.29, 0.717) is 36.0 Å². The summed E-state index contributed by atoms with van der Waals surface area (Å²) in [6, 6.07) is 13.2. The van der Waals surface area contributed by atoms with Crippen molar-refractivity contribution in [2.75, 3.05) is 6.61 Å². The zero-order valence-corrected chi connectivity index (χ0v) is 21.7. The molecule has 0 aliphatic heterocycles. The van der Waals surface area contributed by atoms with Gasteiger partial charge in [0.05, 0.1) is 12.7 Å². The highest BCUT2D eigenvalue weighted by Crippen LogP contribution is 2.39. The third kappa shape index (κ3) is 6.29. The number of hydrogen-bond acceptors (Lipinski definition) is 2. The summed E-state index contributed by atoms with van der Waals surface area (Å²) in [5.41, 5.74) is 2.24. The van der Waals surface area contributed by atoms with Crippen molar-refractivity contribution in [1.82, 2.24) is 0 Å². The molecule has 3 aromatic rings. The molecule has 1 saturated carbocycles. The van der Waals surface area contributed by atoms with E-state index in [0.717, 1.165) is 31.2 Å². The average molecular weight is 527 g/mol. The van der Waals surface area contributed by atoms with Crippen LogP contribution >= 0.6 is 0 Å². The van der Waals surface area contributed by atoms with Gasteiger partial charge in [0.1, 0.15) is 0 Å². The fourth-order valence-electron chi connectivity index (χ4n) is 5.27. The molecule has 1 atom stereocenters. The summed E-state index contributed by atoms with van der Waals surface area (Å²) in [5.74, 6) is -3.53. The topological polar surface area (TPSA) is 29.5 Å². The van der Waals surface area contributed by atoms with Crippen molar-refractivity contribution >= 4 is 0 Å². The van der Waals surface area contributed by atoms with E-state index in [2.05, 4.69) is 6.58 Å². The molecule has 2 nitrogen and oxygen atoms in total. The van der Waals surface area contributed by atoms with Gasteiger partial charge in [-0.3, -0.25) is 0 Å². The standard InChI is InChI=1S/C32H34F4O2/c1-3-4-19-38-28-18-17-27(31(35)32(28)36)23-8-5-21(6-9-23)7-10-25-15-16-26(30(34)29(25)33)24-13-11-22(12-14-24)20(2)37/h3,5-6,8-9,15-18,20,22,24,37H,1,4,7,10-14,19H2,2H3. The Kier molecular flexibility index (Phi) is 9.26. The minimum Gasteiger partial charge on any atom is -0.490 e. The van der Waals surface area contributed by atoms with Gasteiger partial charge in [0.25, 0.3) is 0 Å². The molecule has 0 spiro atoms. The van der Waals surface area contributed by atoms with Gasteiger partial charge in [0.2, 0.25) is 5.82 Å². The lowest BCUT2D eigenvalue weighted by Gasteiger charge is -2.30. The summed E-state index contributed by atoms with van der Waals surface area (Å²) >= 11 is 0. The SMILES string of the molecule is C=CCCOc1ccc(-c2ccc(CCc3ccc(C4CCC(C(C)O)CC4)c(F)c3F)cc2)c(F)c1F. The average Bonchev–Trinajstić information content (AvgIpc) is 2.92. The molecular formula is C32H34F4O2. The van der Waals surface area contributed by atoms with E-state index in [4.69, 9.17) is 4.74 Å².